The number of rotatable bonds is 8. The molecule has 8 unspecified atom stereocenters. The van der Waals surface area contributed by atoms with Gasteiger partial charge in [0.05, 0.1) is 24.5 Å². The average Bonchev–Trinajstić information content (AvgIpc) is 3.26. The summed E-state index contributed by atoms with van der Waals surface area (Å²) in [6, 6.07) is 2.10. The molecular weight excluding hydrogens is 449 g/mol. The smallest absolute Gasteiger partial charge is 0.224 e. The van der Waals surface area contributed by atoms with Crippen LogP contribution in [-0.2, 0) is 9.53 Å². The third-order valence-electron chi connectivity index (χ3n) is 8.76. The largest absolute Gasteiger partial charge is 0.381 e. The number of nitrogens with one attached hydrogen (secondary N) is 5. The molecule has 4 rings (SSSR count). The minimum Gasteiger partial charge on any atom is -0.381 e. The monoisotopic (exact) mass is 493 g/mol. The molecule has 1 amide bonds. The summed E-state index contributed by atoms with van der Waals surface area (Å²) in [5.74, 6) is -0.0463. The maximum absolute atomic E-state index is 14.4. The van der Waals surface area contributed by atoms with Gasteiger partial charge in [0.2, 0.25) is 5.91 Å². The summed E-state index contributed by atoms with van der Waals surface area (Å²) in [5, 5.41) is 19.6. The van der Waals surface area contributed by atoms with Gasteiger partial charge >= 0.3 is 0 Å². The SMILES string of the molecule is COC1CCCCC1[C@@H](C#N)NC(=O)C1CCCC(NCC2NNC(C3CCNCC3F)N2C)C1. The van der Waals surface area contributed by atoms with E-state index in [2.05, 4.69) is 37.8 Å². The van der Waals surface area contributed by atoms with Crippen LogP contribution in [0.1, 0.15) is 57.8 Å². The van der Waals surface area contributed by atoms with Gasteiger partial charge in [-0.2, -0.15) is 5.26 Å². The van der Waals surface area contributed by atoms with Crippen molar-refractivity contribution < 1.29 is 13.9 Å². The number of hydrazine groups is 1. The van der Waals surface area contributed by atoms with Crippen molar-refractivity contribution in [2.75, 3.05) is 33.8 Å². The highest BCUT2D eigenvalue weighted by atomic mass is 19.1. The lowest BCUT2D eigenvalue weighted by atomic mass is 9.80. The maximum Gasteiger partial charge on any atom is 0.224 e. The predicted molar refractivity (Wildman–Crippen MR) is 132 cm³/mol. The molecule has 0 spiro atoms. The fourth-order valence-electron chi connectivity index (χ4n) is 6.58. The molecular formula is C25H44FN7O2. The molecule has 2 aliphatic carbocycles. The minimum absolute atomic E-state index is 0.00112. The van der Waals surface area contributed by atoms with Gasteiger partial charge in [-0.1, -0.05) is 19.3 Å². The molecule has 0 aromatic carbocycles. The molecule has 2 aliphatic heterocycles. The molecule has 9 atom stereocenters. The minimum atomic E-state index is -0.847. The molecule has 2 saturated carbocycles. The Hall–Kier alpha value is -1.35. The van der Waals surface area contributed by atoms with Crippen molar-refractivity contribution >= 4 is 5.91 Å². The van der Waals surface area contributed by atoms with E-state index < -0.39 is 12.2 Å². The second kappa shape index (κ2) is 12.7. The zero-order chi connectivity index (χ0) is 24.8. The van der Waals surface area contributed by atoms with Crippen LogP contribution in [-0.4, -0.2) is 81.3 Å². The molecule has 10 heteroatoms. The van der Waals surface area contributed by atoms with Crippen molar-refractivity contribution in [1.82, 2.24) is 31.7 Å². The first kappa shape index (κ1) is 26.7. The molecule has 35 heavy (non-hydrogen) atoms. The molecule has 4 fully saturated rings. The summed E-state index contributed by atoms with van der Waals surface area (Å²) >= 11 is 0. The Balaban J connectivity index is 1.24. The number of ether oxygens (including phenoxy) is 1. The molecule has 0 aromatic heterocycles. The number of likely N-dealkylation sites (N-methyl/N-ethyl adjacent to an activating group) is 1. The third-order valence-corrected chi connectivity index (χ3v) is 8.76. The first-order valence-electron chi connectivity index (χ1n) is 13.6. The first-order chi connectivity index (χ1) is 17.0. The fraction of sp³-hybridized carbons (Fsp3) is 0.920. The zero-order valence-electron chi connectivity index (χ0n) is 21.3. The van der Waals surface area contributed by atoms with Gasteiger partial charge in [0.15, 0.2) is 0 Å². The molecule has 0 radical (unpaired) electrons. The van der Waals surface area contributed by atoms with Crippen LogP contribution in [0, 0.1) is 29.1 Å². The Morgan fingerprint density at radius 3 is 2.80 bits per heavy atom. The van der Waals surface area contributed by atoms with Crippen LogP contribution >= 0.6 is 0 Å². The van der Waals surface area contributed by atoms with Crippen molar-refractivity contribution in [2.24, 2.45) is 17.8 Å². The lowest BCUT2D eigenvalue weighted by Crippen LogP contribution is -2.52. The number of carbonyl (C=O) groups is 1. The predicted octanol–water partition coefficient (Wildman–Crippen LogP) is 0.988. The van der Waals surface area contributed by atoms with Gasteiger partial charge < -0.3 is 20.7 Å². The molecule has 4 aliphatic rings. The number of nitrogens with zero attached hydrogens (tertiary/aromatic N) is 2. The van der Waals surface area contributed by atoms with E-state index in [1.807, 2.05) is 7.05 Å². The number of alkyl halides is 1. The quantitative estimate of drug-likeness (QED) is 0.340. The topological polar surface area (TPSA) is 113 Å². The molecule has 2 heterocycles. The van der Waals surface area contributed by atoms with Crippen LogP contribution in [0.2, 0.25) is 0 Å². The van der Waals surface area contributed by atoms with E-state index in [9.17, 15) is 14.4 Å². The van der Waals surface area contributed by atoms with Gasteiger partial charge in [-0.15, -0.1) is 0 Å². The van der Waals surface area contributed by atoms with Crippen LogP contribution in [0.15, 0.2) is 0 Å². The van der Waals surface area contributed by atoms with Gasteiger partial charge in [-0.3, -0.25) is 9.69 Å². The van der Waals surface area contributed by atoms with E-state index in [-0.39, 0.29) is 48.1 Å². The Kier molecular flexibility index (Phi) is 9.73. The van der Waals surface area contributed by atoms with Crippen LogP contribution in [0.4, 0.5) is 4.39 Å². The van der Waals surface area contributed by atoms with Crippen molar-refractivity contribution in [1.29, 1.82) is 5.26 Å². The first-order valence-corrected chi connectivity index (χ1v) is 13.6. The van der Waals surface area contributed by atoms with Crippen LogP contribution in [0.5, 0.6) is 0 Å². The highest BCUT2D eigenvalue weighted by Gasteiger charge is 2.40. The molecule has 2 saturated heterocycles. The summed E-state index contributed by atoms with van der Waals surface area (Å²) in [5.41, 5.74) is 6.63. The van der Waals surface area contributed by atoms with Crippen molar-refractivity contribution in [3.05, 3.63) is 0 Å². The van der Waals surface area contributed by atoms with E-state index in [0.29, 0.717) is 6.54 Å². The second-order valence-electron chi connectivity index (χ2n) is 10.9. The van der Waals surface area contributed by atoms with E-state index in [0.717, 1.165) is 70.9 Å². The van der Waals surface area contributed by atoms with E-state index in [1.54, 1.807) is 7.11 Å². The van der Waals surface area contributed by atoms with E-state index in [1.165, 1.54) is 0 Å². The third kappa shape index (κ3) is 6.51. The normalized spacial score (nSPS) is 39.6. The number of hydrogen-bond donors (Lipinski definition) is 5. The van der Waals surface area contributed by atoms with Gasteiger partial charge in [-0.25, -0.2) is 15.2 Å². The molecule has 198 valence electrons. The number of halogens is 1. The Morgan fingerprint density at radius 2 is 2.03 bits per heavy atom. The average molecular weight is 494 g/mol. The van der Waals surface area contributed by atoms with Crippen LogP contribution < -0.4 is 26.8 Å². The number of nitriles is 1. The van der Waals surface area contributed by atoms with Gasteiger partial charge in [-0.05, 0) is 52.1 Å². The van der Waals surface area contributed by atoms with E-state index in [4.69, 9.17) is 4.74 Å². The number of carbonyl (C=O) groups excluding carboxylic acids is 1. The molecule has 5 N–H and O–H groups in total. The molecule has 0 bridgehead atoms. The zero-order valence-corrected chi connectivity index (χ0v) is 21.3. The Morgan fingerprint density at radius 1 is 1.20 bits per heavy atom. The Labute approximate surface area is 209 Å². The Bertz CT molecular complexity index is 737. The maximum atomic E-state index is 14.4. The van der Waals surface area contributed by atoms with Gasteiger partial charge in [0, 0.05) is 44.0 Å². The van der Waals surface area contributed by atoms with E-state index >= 15 is 0 Å². The lowest BCUT2D eigenvalue weighted by Gasteiger charge is -2.36. The van der Waals surface area contributed by atoms with Crippen molar-refractivity contribution in [3.63, 3.8) is 0 Å². The van der Waals surface area contributed by atoms with Crippen LogP contribution in [0.25, 0.3) is 0 Å². The summed E-state index contributed by atoms with van der Waals surface area (Å²) in [4.78, 5) is 15.3. The van der Waals surface area contributed by atoms with Gasteiger partial charge in [0.25, 0.3) is 0 Å². The summed E-state index contributed by atoms with van der Waals surface area (Å²) in [6.45, 7) is 2.00. The van der Waals surface area contributed by atoms with Crippen molar-refractivity contribution in [3.8, 4) is 6.07 Å². The molecule has 9 nitrogen and oxygen atoms in total. The summed E-state index contributed by atoms with van der Waals surface area (Å²) in [6.07, 6.45) is 7.78. The second-order valence-corrected chi connectivity index (χ2v) is 10.9. The van der Waals surface area contributed by atoms with Crippen LogP contribution in [0.3, 0.4) is 0 Å². The summed E-state index contributed by atoms with van der Waals surface area (Å²) < 4.78 is 20.1. The number of piperidine rings is 1. The number of methoxy groups -OCH3 is 1. The fourth-order valence-corrected chi connectivity index (χ4v) is 6.58. The lowest BCUT2D eigenvalue weighted by molar-refractivity contribution is -0.127. The number of amides is 1. The standard InChI is InChI=1S/C25H44FN7O2/c1-33-23(31-32-24(33)18-10-11-28-14-20(18)26)15-29-17-7-5-6-16(12-17)25(34)30-21(13-27)19-8-3-4-9-22(19)35-2/h16-24,28-29,31-32H,3-12,14-15H2,1-2H3,(H,30,34)/t16?,17?,18?,19?,20?,21-,22?,23?,24?/m1/s1. The highest BCUT2D eigenvalue weighted by Crippen LogP contribution is 2.30. The molecule has 0 aromatic rings. The highest BCUT2D eigenvalue weighted by molar-refractivity contribution is 5.79. The van der Waals surface area contributed by atoms with Crippen molar-refractivity contribution in [2.45, 2.75) is 94.5 Å². The summed E-state index contributed by atoms with van der Waals surface area (Å²) in [7, 11) is 3.74. The number of hydrogen-bond acceptors (Lipinski definition) is 8. The van der Waals surface area contributed by atoms with Gasteiger partial charge in [0.1, 0.15) is 12.2 Å².